The normalized spacial score (nSPS) is 12.2. The number of benzene rings is 4. The second kappa shape index (κ2) is 32.3. The second-order valence-corrected chi connectivity index (χ2v) is 21.8. The summed E-state index contributed by atoms with van der Waals surface area (Å²) in [6.07, 6.45) is 0. The Hall–Kier alpha value is -8.23. The van der Waals surface area contributed by atoms with Gasteiger partial charge in [0, 0.05) is 0 Å². The van der Waals surface area contributed by atoms with Crippen molar-refractivity contribution in [1.82, 2.24) is 21.3 Å². The number of amides is 4. The molecule has 8 N–H and O–H groups in total. The zero-order valence-corrected chi connectivity index (χ0v) is 49.8. The molecule has 4 aromatic carbocycles. The fourth-order valence-electron chi connectivity index (χ4n) is 6.82. The molecule has 82 heavy (non-hydrogen) atoms. The van der Waals surface area contributed by atoms with Gasteiger partial charge in [-0.05, 0) is 70.2 Å². The van der Waals surface area contributed by atoms with E-state index in [4.69, 9.17) is 20.4 Å². The number of carboxylic acids is 8. The molecule has 0 aliphatic heterocycles. The van der Waals surface area contributed by atoms with Gasteiger partial charge in [0.05, 0.1) is 92.6 Å². The Morgan fingerprint density at radius 1 is 0.293 bits per heavy atom. The van der Waals surface area contributed by atoms with Gasteiger partial charge in [-0.15, -0.1) is 0 Å². The van der Waals surface area contributed by atoms with Gasteiger partial charge in [-0.2, -0.15) is 0 Å². The topological polar surface area (TPSA) is 426 Å². The molecule has 0 aliphatic rings. The fraction of sp³-hybridized carbons (Fsp3) is 0.357. The Morgan fingerprint density at radius 3 is 0.512 bits per heavy atom. The van der Waals surface area contributed by atoms with Crippen LogP contribution in [0, 0.1) is 21.7 Å². The zero-order valence-electron chi connectivity index (χ0n) is 46.5. The quantitative estimate of drug-likeness (QED) is 0.0728. The number of carbonyl (C=O) groups excluding carboxylic acids is 8. The molecule has 2 radical (unpaired) electrons. The summed E-state index contributed by atoms with van der Waals surface area (Å²) in [5.74, 6) is -13.7. The smallest absolute Gasteiger partial charge is 0.548 e. The van der Waals surface area contributed by atoms with Gasteiger partial charge < -0.3 is 81.3 Å². The maximum Gasteiger partial charge on any atom is 2.00 e. The molecule has 4 rings (SSSR count). The van der Waals surface area contributed by atoms with Crippen LogP contribution in [0.15, 0.2) is 97.1 Å². The summed E-state index contributed by atoms with van der Waals surface area (Å²) in [7, 11) is 0. The van der Waals surface area contributed by atoms with Crippen LogP contribution in [0.4, 0.5) is 0 Å². The maximum atomic E-state index is 12.1. The van der Waals surface area contributed by atoms with Gasteiger partial charge in [-0.3, -0.25) is 19.2 Å². The van der Waals surface area contributed by atoms with Crippen LogP contribution in [-0.4, -0.2) is 116 Å². The zero-order chi connectivity index (χ0) is 62.0. The summed E-state index contributed by atoms with van der Waals surface area (Å²) in [5.41, 5.74) is -4.12. The number of hydrogen-bond acceptors (Lipinski definition) is 16. The summed E-state index contributed by atoms with van der Waals surface area (Å²) in [4.78, 5) is 137. The number of aromatic carboxylic acids is 4. The Labute approximate surface area is 498 Å². The molecule has 446 valence electrons. The summed E-state index contributed by atoms with van der Waals surface area (Å²) in [6, 6.07) is 17.5. The van der Waals surface area contributed by atoms with Crippen molar-refractivity contribution >= 4 is 71.4 Å². The van der Waals surface area contributed by atoms with Gasteiger partial charge in [-0.1, -0.05) is 132 Å². The van der Waals surface area contributed by atoms with E-state index in [9.17, 15) is 78.0 Å². The minimum atomic E-state index is -1.42. The maximum absolute atomic E-state index is 12.1. The molecule has 0 saturated carbocycles. The van der Waals surface area contributed by atoms with E-state index >= 15 is 0 Å². The first kappa shape index (κ1) is 75.8. The van der Waals surface area contributed by atoms with E-state index in [2.05, 4.69) is 21.3 Å². The van der Waals surface area contributed by atoms with Crippen molar-refractivity contribution in [3.63, 3.8) is 0 Å². The predicted molar refractivity (Wildman–Crippen MR) is 276 cm³/mol. The number of aliphatic carboxylic acids is 4. The Balaban J connectivity index is 0. The van der Waals surface area contributed by atoms with Crippen LogP contribution in [0.2, 0.25) is 0 Å². The monoisotopic (exact) mass is 1320 g/mol. The van der Waals surface area contributed by atoms with E-state index in [0.29, 0.717) is 0 Å². The molecule has 4 atom stereocenters. The summed E-state index contributed by atoms with van der Waals surface area (Å²) >= 11 is 0. The van der Waals surface area contributed by atoms with Gasteiger partial charge in [0.15, 0.2) is 0 Å². The Bertz CT molecular complexity index is 2590. The molecule has 0 fully saturated rings. The van der Waals surface area contributed by atoms with Crippen molar-refractivity contribution in [2.45, 2.75) is 107 Å². The molecule has 0 saturated heterocycles. The van der Waals surface area contributed by atoms with Crippen molar-refractivity contribution in [1.29, 1.82) is 0 Å². The van der Waals surface area contributed by atoms with Gasteiger partial charge in [0.2, 0.25) is 0 Å². The van der Waals surface area contributed by atoms with Gasteiger partial charge in [0.25, 0.3) is 23.6 Å². The van der Waals surface area contributed by atoms with Crippen molar-refractivity contribution in [2.24, 2.45) is 21.7 Å². The number of hydrogen-bond donors (Lipinski definition) is 8. The first-order valence-corrected chi connectivity index (χ1v) is 23.9. The molecule has 0 bridgehead atoms. The molecule has 26 heteroatoms. The molecular weight excluding hydrogens is 1250 g/mol. The van der Waals surface area contributed by atoms with Gasteiger partial charge in [-0.25, -0.2) is 19.2 Å². The van der Waals surface area contributed by atoms with Crippen LogP contribution < -0.4 is 41.7 Å². The number of nitrogens with one attached hydrogen (secondary N) is 4. The van der Waals surface area contributed by atoms with Crippen LogP contribution in [0.3, 0.4) is 0 Å². The van der Waals surface area contributed by atoms with Crippen molar-refractivity contribution in [3.8, 4) is 0 Å². The molecule has 4 aromatic rings. The second-order valence-electron chi connectivity index (χ2n) is 21.8. The molecule has 0 aromatic heterocycles. The summed E-state index contributed by atoms with van der Waals surface area (Å²) in [6.45, 7) is 19.6. The van der Waals surface area contributed by atoms with Crippen LogP contribution >= 0.6 is 0 Å². The van der Waals surface area contributed by atoms with Crippen LogP contribution in [0.5, 0.6) is 0 Å². The van der Waals surface area contributed by atoms with Gasteiger partial charge in [0.1, 0.15) is 0 Å². The molecule has 24 nitrogen and oxygen atoms in total. The average Bonchev–Trinajstić information content (AvgIpc) is 3.34. The van der Waals surface area contributed by atoms with E-state index in [1.54, 1.807) is 83.1 Å². The van der Waals surface area contributed by atoms with Crippen molar-refractivity contribution in [3.05, 3.63) is 142 Å². The summed E-state index contributed by atoms with van der Waals surface area (Å²) < 4.78 is 0. The first-order chi connectivity index (χ1) is 36.6. The first-order valence-electron chi connectivity index (χ1n) is 23.9. The largest absolute Gasteiger partial charge is 2.00 e. The van der Waals surface area contributed by atoms with E-state index < -0.39 is 117 Å². The average molecular weight is 1320 g/mol. The van der Waals surface area contributed by atoms with E-state index in [0.717, 1.165) is 0 Å². The van der Waals surface area contributed by atoms with Crippen LogP contribution in [0.25, 0.3) is 0 Å². The third-order valence-electron chi connectivity index (χ3n) is 11.1. The van der Waals surface area contributed by atoms with Crippen LogP contribution in [0.1, 0.15) is 166 Å². The minimum absolute atomic E-state index is 0. The van der Waals surface area contributed by atoms with Gasteiger partial charge >= 0.3 is 62.8 Å². The molecular formula is C56H64N4O20Rh2. The third-order valence-corrected chi connectivity index (χ3v) is 11.1. The molecule has 0 heterocycles. The molecule has 0 spiro atoms. The molecule has 0 aliphatic carbocycles. The summed E-state index contributed by atoms with van der Waals surface area (Å²) in [5, 5.41) is 89.6. The Kier molecular flexibility index (Phi) is 29.8. The molecule has 4 amide bonds. The van der Waals surface area contributed by atoms with Crippen molar-refractivity contribution < 1.29 is 137 Å². The SMILES string of the molecule is CC(C)(C)[C@H](NC(=O)c1ccccc1C(=O)O)C(=O)[O-].CC(C)(C)[C@H](NC(=O)c1ccccc1C(=O)O)C(=O)[O-].CC(C)(C)[C@H](NC(=O)c1ccccc1C(=O)O)C(=O)[O-].CC(C)(C)[C@H](NC(=O)c1ccccc1C(=O)O)C(=O)[O-].[Rh+2].[Rh+2]. The number of carboxylic acid groups (broad SMARTS) is 8. The number of rotatable bonds is 16. The van der Waals surface area contributed by atoms with E-state index in [1.807, 2.05) is 0 Å². The third kappa shape index (κ3) is 23.5. The van der Waals surface area contributed by atoms with E-state index in [1.165, 1.54) is 97.1 Å². The van der Waals surface area contributed by atoms with Crippen molar-refractivity contribution in [2.75, 3.05) is 0 Å². The van der Waals surface area contributed by atoms with Crippen LogP contribution in [-0.2, 0) is 58.1 Å². The standard InChI is InChI=1S/4C14H17NO5.2Rh/c4*1-14(2,3)10(13(19)20)15-11(16)8-6-4-5-7-9(8)12(17)18;;/h4*4-7,10H,1-3H3,(H,15,16)(H,17,18)(H,19,20);;/q;;;;2*+2/p-4/t4*10-;;/m1111../s1. The minimum Gasteiger partial charge on any atom is -0.548 e. The number of carbonyl (C=O) groups is 12. The van der Waals surface area contributed by atoms with E-state index in [-0.39, 0.29) is 83.5 Å². The fourth-order valence-corrected chi connectivity index (χ4v) is 6.82. The predicted octanol–water partition coefficient (Wildman–Crippen LogP) is 1.11. The molecule has 0 unspecified atom stereocenters. The Morgan fingerprint density at radius 2 is 0.415 bits per heavy atom.